The van der Waals surface area contributed by atoms with Crippen molar-refractivity contribution in [2.45, 2.75) is 71.0 Å². The first-order chi connectivity index (χ1) is 14.9. The summed E-state index contributed by atoms with van der Waals surface area (Å²) >= 11 is 12.8. The van der Waals surface area contributed by atoms with Crippen molar-refractivity contribution in [3.8, 4) is 0 Å². The summed E-state index contributed by atoms with van der Waals surface area (Å²) in [5, 5.41) is 4.12. The third-order valence-electron chi connectivity index (χ3n) is 6.11. The Bertz CT molecular complexity index is 905. The smallest absolute Gasteiger partial charge is 0.242 e. The fourth-order valence-corrected chi connectivity index (χ4v) is 4.59. The second-order valence-electron chi connectivity index (χ2n) is 8.34. The molecule has 3 rings (SSSR count). The average Bonchev–Trinajstić information content (AvgIpc) is 2.75. The van der Waals surface area contributed by atoms with Gasteiger partial charge in [0.05, 0.1) is 6.42 Å². The quantitative estimate of drug-likeness (QED) is 0.574. The minimum Gasteiger partial charge on any atom is -0.352 e. The van der Waals surface area contributed by atoms with Gasteiger partial charge in [-0.3, -0.25) is 9.59 Å². The first kappa shape index (κ1) is 23.6. The molecule has 6 heteroatoms. The Morgan fingerprint density at radius 3 is 2.32 bits per heavy atom. The number of nitrogens with one attached hydrogen (secondary N) is 1. The SMILES string of the molecule is Cc1ccccc1CC(=O)N(Cc1c(Cl)cccc1Cl)[C@@H](C)C(=O)NC1CCCCC1. The van der Waals surface area contributed by atoms with Crippen LogP contribution in [0, 0.1) is 6.92 Å². The largest absolute Gasteiger partial charge is 0.352 e. The zero-order valence-corrected chi connectivity index (χ0v) is 19.7. The predicted molar refractivity (Wildman–Crippen MR) is 126 cm³/mol. The highest BCUT2D eigenvalue weighted by Gasteiger charge is 2.29. The molecule has 0 aromatic heterocycles. The number of carbonyl (C=O) groups excluding carboxylic acids is 2. The second kappa shape index (κ2) is 11.0. The molecule has 1 fully saturated rings. The van der Waals surface area contributed by atoms with E-state index in [0.29, 0.717) is 15.6 Å². The third-order valence-corrected chi connectivity index (χ3v) is 6.82. The van der Waals surface area contributed by atoms with E-state index in [1.165, 1.54) is 6.42 Å². The van der Waals surface area contributed by atoms with Crippen LogP contribution in [-0.4, -0.2) is 28.8 Å². The first-order valence-corrected chi connectivity index (χ1v) is 11.7. The minimum absolute atomic E-state index is 0.128. The predicted octanol–water partition coefficient (Wildman–Crippen LogP) is 5.71. The standard InChI is InChI=1S/C25H30Cl2N2O2/c1-17-9-6-7-10-19(17)15-24(30)29(16-21-22(26)13-8-14-23(21)27)18(2)25(31)28-20-11-4-3-5-12-20/h6-10,13-14,18,20H,3-5,11-12,15-16H2,1-2H3,(H,28,31)/t18-/m0/s1. The molecule has 0 radical (unpaired) electrons. The monoisotopic (exact) mass is 460 g/mol. The molecule has 1 N–H and O–H groups in total. The van der Waals surface area contributed by atoms with Gasteiger partial charge in [-0.15, -0.1) is 0 Å². The van der Waals surface area contributed by atoms with Crippen LogP contribution in [0.5, 0.6) is 0 Å². The van der Waals surface area contributed by atoms with Crippen molar-refractivity contribution in [3.63, 3.8) is 0 Å². The normalized spacial score (nSPS) is 15.4. The van der Waals surface area contributed by atoms with Crippen LogP contribution in [-0.2, 0) is 22.6 Å². The van der Waals surface area contributed by atoms with Crippen molar-refractivity contribution in [3.05, 3.63) is 69.2 Å². The van der Waals surface area contributed by atoms with Gasteiger partial charge in [0.25, 0.3) is 0 Å². The minimum atomic E-state index is -0.634. The number of amides is 2. The summed E-state index contributed by atoms with van der Waals surface area (Å²) in [6.45, 7) is 3.94. The molecule has 0 spiro atoms. The maximum absolute atomic E-state index is 13.4. The van der Waals surface area contributed by atoms with E-state index < -0.39 is 6.04 Å². The Morgan fingerprint density at radius 2 is 1.68 bits per heavy atom. The number of halogens is 2. The lowest BCUT2D eigenvalue weighted by Gasteiger charge is -2.32. The van der Waals surface area contributed by atoms with Crippen molar-refractivity contribution in [1.29, 1.82) is 0 Å². The molecule has 2 amide bonds. The molecule has 1 aliphatic carbocycles. The Balaban J connectivity index is 1.82. The van der Waals surface area contributed by atoms with Gasteiger partial charge in [-0.1, -0.05) is 72.8 Å². The van der Waals surface area contributed by atoms with Crippen LogP contribution >= 0.6 is 23.2 Å². The van der Waals surface area contributed by atoms with E-state index in [-0.39, 0.29) is 30.8 Å². The number of aryl methyl sites for hydroxylation is 1. The van der Waals surface area contributed by atoms with Crippen molar-refractivity contribution >= 4 is 35.0 Å². The molecule has 0 heterocycles. The maximum atomic E-state index is 13.4. The van der Waals surface area contributed by atoms with Crippen molar-refractivity contribution < 1.29 is 9.59 Å². The summed E-state index contributed by atoms with van der Waals surface area (Å²) in [5.74, 6) is -0.259. The molecule has 0 unspecified atom stereocenters. The zero-order chi connectivity index (χ0) is 22.4. The molecule has 1 aliphatic rings. The van der Waals surface area contributed by atoms with E-state index in [1.807, 2.05) is 31.2 Å². The van der Waals surface area contributed by atoms with E-state index in [2.05, 4.69) is 5.32 Å². The van der Waals surface area contributed by atoms with Crippen molar-refractivity contribution in [1.82, 2.24) is 10.2 Å². The lowest BCUT2D eigenvalue weighted by atomic mass is 9.95. The van der Waals surface area contributed by atoms with Gasteiger partial charge >= 0.3 is 0 Å². The van der Waals surface area contributed by atoms with Crippen molar-refractivity contribution in [2.24, 2.45) is 0 Å². The average molecular weight is 461 g/mol. The Labute approximate surface area is 194 Å². The summed E-state index contributed by atoms with van der Waals surface area (Å²) in [5.41, 5.74) is 2.65. The fraction of sp³-hybridized carbons (Fsp3) is 0.440. The number of carbonyl (C=O) groups is 2. The maximum Gasteiger partial charge on any atom is 0.242 e. The van der Waals surface area contributed by atoms with Crippen LogP contribution in [0.15, 0.2) is 42.5 Å². The van der Waals surface area contributed by atoms with Gasteiger partial charge in [-0.25, -0.2) is 0 Å². The molecule has 4 nitrogen and oxygen atoms in total. The molecule has 166 valence electrons. The van der Waals surface area contributed by atoms with Crippen molar-refractivity contribution in [2.75, 3.05) is 0 Å². The lowest BCUT2D eigenvalue weighted by molar-refractivity contribution is -0.140. The summed E-state index contributed by atoms with van der Waals surface area (Å²) < 4.78 is 0. The van der Waals surface area contributed by atoms with E-state index >= 15 is 0 Å². The van der Waals surface area contributed by atoms with E-state index in [9.17, 15) is 9.59 Å². The highest BCUT2D eigenvalue weighted by molar-refractivity contribution is 6.36. The van der Waals surface area contributed by atoms with Crippen LogP contribution in [0.3, 0.4) is 0 Å². The number of benzene rings is 2. The first-order valence-electron chi connectivity index (χ1n) is 10.9. The number of nitrogens with zero attached hydrogens (tertiary/aromatic N) is 1. The second-order valence-corrected chi connectivity index (χ2v) is 9.16. The van der Waals surface area contributed by atoms with Gasteiger partial charge in [0.1, 0.15) is 6.04 Å². The Kier molecular flexibility index (Phi) is 8.39. The van der Waals surface area contributed by atoms with Gasteiger partial charge in [0.15, 0.2) is 0 Å². The molecular weight excluding hydrogens is 431 g/mol. The van der Waals surface area contributed by atoms with E-state index in [1.54, 1.807) is 30.0 Å². The molecular formula is C25H30Cl2N2O2. The van der Waals surface area contributed by atoms with Gasteiger partial charge < -0.3 is 10.2 Å². The van der Waals surface area contributed by atoms with Crippen LogP contribution in [0.2, 0.25) is 10.0 Å². The molecule has 2 aromatic rings. The van der Waals surface area contributed by atoms with Crippen LogP contribution < -0.4 is 5.32 Å². The summed E-state index contributed by atoms with van der Waals surface area (Å²) in [4.78, 5) is 28.1. The van der Waals surface area contributed by atoms with Gasteiger partial charge in [-0.2, -0.15) is 0 Å². The molecule has 0 saturated heterocycles. The van der Waals surface area contributed by atoms with E-state index in [0.717, 1.165) is 36.8 Å². The highest BCUT2D eigenvalue weighted by Crippen LogP contribution is 2.27. The topological polar surface area (TPSA) is 49.4 Å². The summed E-state index contributed by atoms with van der Waals surface area (Å²) in [6, 6.07) is 12.6. The molecule has 31 heavy (non-hydrogen) atoms. The summed E-state index contributed by atoms with van der Waals surface area (Å²) in [7, 11) is 0. The number of hydrogen-bond acceptors (Lipinski definition) is 2. The van der Waals surface area contributed by atoms with Gasteiger partial charge in [0, 0.05) is 28.2 Å². The Hall–Kier alpha value is -2.04. The molecule has 1 atom stereocenters. The fourth-order valence-electron chi connectivity index (χ4n) is 4.08. The molecule has 0 aliphatic heterocycles. The zero-order valence-electron chi connectivity index (χ0n) is 18.2. The molecule has 0 bridgehead atoms. The van der Waals surface area contributed by atoms with Crippen LogP contribution in [0.4, 0.5) is 0 Å². The number of hydrogen-bond donors (Lipinski definition) is 1. The van der Waals surface area contributed by atoms with Crippen LogP contribution in [0.1, 0.15) is 55.7 Å². The molecule has 2 aromatic carbocycles. The van der Waals surface area contributed by atoms with Crippen LogP contribution in [0.25, 0.3) is 0 Å². The summed E-state index contributed by atoms with van der Waals surface area (Å²) in [6.07, 6.45) is 5.68. The highest BCUT2D eigenvalue weighted by atomic mass is 35.5. The lowest BCUT2D eigenvalue weighted by Crippen LogP contribution is -2.50. The van der Waals surface area contributed by atoms with Gasteiger partial charge in [0.2, 0.25) is 11.8 Å². The third kappa shape index (κ3) is 6.24. The number of rotatable bonds is 7. The Morgan fingerprint density at radius 1 is 1.03 bits per heavy atom. The van der Waals surface area contributed by atoms with Gasteiger partial charge in [-0.05, 0) is 49.9 Å². The van der Waals surface area contributed by atoms with E-state index in [4.69, 9.17) is 23.2 Å². The molecule has 1 saturated carbocycles.